The maximum absolute atomic E-state index is 12.2. The van der Waals surface area contributed by atoms with E-state index >= 15 is 0 Å². The quantitative estimate of drug-likeness (QED) is 0.862. The number of rotatable bonds is 2. The Kier molecular flexibility index (Phi) is 3.02. The molecule has 4 nitrogen and oxygen atoms in total. The first-order valence-electron chi connectivity index (χ1n) is 6.33. The predicted molar refractivity (Wildman–Crippen MR) is 70.7 cm³/mol. The van der Waals surface area contributed by atoms with E-state index in [9.17, 15) is 4.79 Å². The van der Waals surface area contributed by atoms with E-state index in [1.54, 1.807) is 6.20 Å². The van der Waals surface area contributed by atoms with Crippen LogP contribution in [0.1, 0.15) is 12.8 Å². The van der Waals surface area contributed by atoms with Crippen LogP contribution in [0.25, 0.3) is 10.8 Å². The molecule has 0 aliphatic carbocycles. The van der Waals surface area contributed by atoms with Gasteiger partial charge in [-0.1, -0.05) is 18.2 Å². The van der Waals surface area contributed by atoms with Gasteiger partial charge in [-0.05, 0) is 43.5 Å². The zero-order chi connectivity index (χ0) is 12.4. The van der Waals surface area contributed by atoms with Gasteiger partial charge in [0.1, 0.15) is 6.10 Å². The van der Waals surface area contributed by atoms with Crippen LogP contribution < -0.4 is 15.7 Å². The lowest BCUT2D eigenvalue weighted by atomic mass is 10.1. The number of benzene rings is 1. The molecule has 4 heteroatoms. The summed E-state index contributed by atoms with van der Waals surface area (Å²) in [6.07, 6.45) is 3.73. The lowest BCUT2D eigenvalue weighted by molar-refractivity contribution is 0.0140. The number of aromatic nitrogens is 1. The van der Waals surface area contributed by atoms with Crippen molar-refractivity contribution in [3.05, 3.63) is 46.9 Å². The summed E-state index contributed by atoms with van der Waals surface area (Å²) in [7, 11) is 0. The minimum Gasteiger partial charge on any atom is -0.407 e. The third-order valence-electron chi connectivity index (χ3n) is 3.33. The molecular formula is C14H16N2O2. The standard InChI is InChI=1S/C14H16N2O2/c17-14-13-4-2-1-3-11(13)7-10-16(14)18-12-5-8-15-9-6-12/h1-4,7,10,12,15H,5-6,8-9H2. The summed E-state index contributed by atoms with van der Waals surface area (Å²) in [5.41, 5.74) is -0.0772. The second-order valence-corrected chi connectivity index (χ2v) is 4.59. The average Bonchev–Trinajstić information content (AvgIpc) is 2.43. The van der Waals surface area contributed by atoms with Gasteiger partial charge in [0.25, 0.3) is 5.56 Å². The number of pyridine rings is 1. The third kappa shape index (κ3) is 2.11. The highest BCUT2D eigenvalue weighted by atomic mass is 16.7. The van der Waals surface area contributed by atoms with Crippen molar-refractivity contribution in [2.75, 3.05) is 13.1 Å². The van der Waals surface area contributed by atoms with E-state index in [0.29, 0.717) is 5.39 Å². The molecule has 0 bridgehead atoms. The van der Waals surface area contributed by atoms with Crippen molar-refractivity contribution in [3.63, 3.8) is 0 Å². The number of piperidine rings is 1. The second-order valence-electron chi connectivity index (χ2n) is 4.59. The summed E-state index contributed by atoms with van der Waals surface area (Å²) in [5, 5.41) is 4.93. The normalized spacial score (nSPS) is 16.9. The van der Waals surface area contributed by atoms with E-state index < -0.39 is 0 Å². The maximum atomic E-state index is 12.2. The van der Waals surface area contributed by atoms with Crippen LogP contribution in [0.2, 0.25) is 0 Å². The molecule has 1 aliphatic rings. The largest absolute Gasteiger partial charge is 0.407 e. The number of hydrogen-bond donors (Lipinski definition) is 1. The third-order valence-corrected chi connectivity index (χ3v) is 3.33. The van der Waals surface area contributed by atoms with Gasteiger partial charge in [-0.3, -0.25) is 4.79 Å². The Labute approximate surface area is 105 Å². The first-order chi connectivity index (χ1) is 8.84. The molecule has 0 radical (unpaired) electrons. The van der Waals surface area contributed by atoms with Crippen LogP contribution in [0.5, 0.6) is 0 Å². The Hall–Kier alpha value is -1.81. The summed E-state index contributed by atoms with van der Waals surface area (Å²) in [4.78, 5) is 18.0. The number of nitrogens with zero attached hydrogens (tertiary/aromatic N) is 1. The van der Waals surface area contributed by atoms with Gasteiger partial charge >= 0.3 is 0 Å². The first kappa shape index (κ1) is 11.3. The molecule has 1 saturated heterocycles. The van der Waals surface area contributed by atoms with Gasteiger partial charge in [0.2, 0.25) is 0 Å². The Morgan fingerprint density at radius 3 is 2.78 bits per heavy atom. The smallest absolute Gasteiger partial charge is 0.290 e. The maximum Gasteiger partial charge on any atom is 0.290 e. The van der Waals surface area contributed by atoms with Crippen molar-refractivity contribution in [2.45, 2.75) is 18.9 Å². The van der Waals surface area contributed by atoms with Gasteiger partial charge < -0.3 is 10.2 Å². The van der Waals surface area contributed by atoms with E-state index in [2.05, 4.69) is 5.32 Å². The van der Waals surface area contributed by atoms with E-state index in [1.165, 1.54) is 4.73 Å². The molecular weight excluding hydrogens is 228 g/mol. The molecule has 0 amide bonds. The highest BCUT2D eigenvalue weighted by molar-refractivity contribution is 5.81. The zero-order valence-electron chi connectivity index (χ0n) is 10.1. The molecule has 1 aromatic heterocycles. The van der Waals surface area contributed by atoms with Gasteiger partial charge in [0.05, 0.1) is 5.39 Å². The van der Waals surface area contributed by atoms with Gasteiger partial charge in [-0.15, -0.1) is 0 Å². The van der Waals surface area contributed by atoms with Gasteiger partial charge in [-0.2, -0.15) is 4.73 Å². The Morgan fingerprint density at radius 1 is 1.17 bits per heavy atom. The molecule has 94 valence electrons. The molecule has 0 spiro atoms. The molecule has 18 heavy (non-hydrogen) atoms. The van der Waals surface area contributed by atoms with Crippen LogP contribution in [0.15, 0.2) is 41.3 Å². The fourth-order valence-electron chi connectivity index (χ4n) is 2.32. The van der Waals surface area contributed by atoms with E-state index in [1.807, 2.05) is 30.3 Å². The van der Waals surface area contributed by atoms with Crippen molar-refractivity contribution in [1.29, 1.82) is 0 Å². The van der Waals surface area contributed by atoms with Crippen LogP contribution in [0, 0.1) is 0 Å². The molecule has 1 aromatic carbocycles. The molecule has 0 unspecified atom stereocenters. The molecule has 0 saturated carbocycles. The Bertz CT molecular complexity index is 600. The summed E-state index contributed by atoms with van der Waals surface area (Å²) in [6, 6.07) is 9.49. The highest BCUT2D eigenvalue weighted by Gasteiger charge is 2.15. The lowest BCUT2D eigenvalue weighted by Crippen LogP contribution is -2.40. The topological polar surface area (TPSA) is 43.3 Å². The van der Waals surface area contributed by atoms with Crippen LogP contribution in [-0.4, -0.2) is 23.9 Å². The van der Waals surface area contributed by atoms with Crippen molar-refractivity contribution in [3.8, 4) is 0 Å². The summed E-state index contributed by atoms with van der Waals surface area (Å²) >= 11 is 0. The van der Waals surface area contributed by atoms with Crippen molar-refractivity contribution >= 4 is 10.8 Å². The molecule has 1 aliphatic heterocycles. The summed E-state index contributed by atoms with van der Waals surface area (Å²) in [5.74, 6) is 0. The number of fused-ring (bicyclic) bond motifs is 1. The van der Waals surface area contributed by atoms with Crippen LogP contribution in [0.4, 0.5) is 0 Å². The molecule has 2 heterocycles. The van der Waals surface area contributed by atoms with Crippen molar-refractivity contribution < 1.29 is 4.84 Å². The minimum absolute atomic E-state index is 0.0772. The Balaban J connectivity index is 1.92. The van der Waals surface area contributed by atoms with Gasteiger partial charge in [0.15, 0.2) is 0 Å². The molecule has 3 rings (SSSR count). The van der Waals surface area contributed by atoms with Crippen molar-refractivity contribution in [1.82, 2.24) is 10.0 Å². The lowest BCUT2D eigenvalue weighted by Gasteiger charge is -2.23. The van der Waals surface area contributed by atoms with E-state index in [0.717, 1.165) is 31.3 Å². The minimum atomic E-state index is -0.0772. The first-order valence-corrected chi connectivity index (χ1v) is 6.33. The van der Waals surface area contributed by atoms with Crippen LogP contribution >= 0.6 is 0 Å². The average molecular weight is 244 g/mol. The highest BCUT2D eigenvalue weighted by Crippen LogP contribution is 2.09. The molecule has 0 atom stereocenters. The fraction of sp³-hybridized carbons (Fsp3) is 0.357. The Morgan fingerprint density at radius 2 is 1.94 bits per heavy atom. The zero-order valence-corrected chi connectivity index (χ0v) is 10.1. The summed E-state index contributed by atoms with van der Waals surface area (Å²) < 4.78 is 1.37. The van der Waals surface area contributed by atoms with Crippen LogP contribution in [0.3, 0.4) is 0 Å². The van der Waals surface area contributed by atoms with E-state index in [4.69, 9.17) is 4.84 Å². The van der Waals surface area contributed by atoms with E-state index in [-0.39, 0.29) is 11.7 Å². The number of nitrogens with one attached hydrogen (secondary N) is 1. The molecule has 1 fully saturated rings. The SMILES string of the molecule is O=c1c2ccccc2ccn1OC1CCNCC1. The number of hydrogen-bond acceptors (Lipinski definition) is 3. The second kappa shape index (κ2) is 4.82. The van der Waals surface area contributed by atoms with Gasteiger partial charge in [-0.25, -0.2) is 0 Å². The van der Waals surface area contributed by atoms with Crippen molar-refractivity contribution in [2.24, 2.45) is 0 Å². The fourth-order valence-corrected chi connectivity index (χ4v) is 2.32. The molecule has 2 aromatic rings. The molecule has 1 N–H and O–H groups in total. The van der Waals surface area contributed by atoms with Crippen LogP contribution in [-0.2, 0) is 0 Å². The summed E-state index contributed by atoms with van der Waals surface area (Å²) in [6.45, 7) is 1.90. The predicted octanol–water partition coefficient (Wildman–Crippen LogP) is 1.18. The van der Waals surface area contributed by atoms with Gasteiger partial charge in [0, 0.05) is 6.20 Å². The monoisotopic (exact) mass is 244 g/mol.